The first kappa shape index (κ1) is 11.6. The molecule has 1 N–H and O–H groups in total. The molecule has 0 aromatic carbocycles. The van der Waals surface area contributed by atoms with Crippen molar-refractivity contribution in [3.05, 3.63) is 16.1 Å². The van der Waals surface area contributed by atoms with Crippen LogP contribution in [-0.2, 0) is 10.3 Å². The van der Waals surface area contributed by atoms with E-state index in [-0.39, 0.29) is 11.4 Å². The standard InChI is InChI=1S/C12H18N2OS/c1-3-10(15)14-12(6-4-5-7-12)11-13-9(2)8-16-11/h8H,3-7H2,1-2H3,(H,14,15). The lowest BCUT2D eigenvalue weighted by molar-refractivity contribution is -0.122. The Kier molecular flexibility index (Phi) is 3.28. The Balaban J connectivity index is 2.25. The number of hydrogen-bond acceptors (Lipinski definition) is 3. The second-order valence-electron chi connectivity index (χ2n) is 4.48. The van der Waals surface area contributed by atoms with Crippen LogP contribution in [0.15, 0.2) is 5.38 Å². The zero-order valence-corrected chi connectivity index (χ0v) is 10.7. The van der Waals surface area contributed by atoms with E-state index in [1.54, 1.807) is 11.3 Å². The van der Waals surface area contributed by atoms with Crippen molar-refractivity contribution in [1.29, 1.82) is 0 Å². The van der Waals surface area contributed by atoms with E-state index in [2.05, 4.69) is 15.7 Å². The van der Waals surface area contributed by atoms with Crippen LogP contribution in [0.3, 0.4) is 0 Å². The molecule has 0 saturated heterocycles. The van der Waals surface area contributed by atoms with Crippen LogP contribution in [0.5, 0.6) is 0 Å². The molecule has 0 unspecified atom stereocenters. The number of thiazole rings is 1. The Bertz CT molecular complexity index is 380. The minimum atomic E-state index is -0.161. The van der Waals surface area contributed by atoms with Crippen molar-refractivity contribution < 1.29 is 4.79 Å². The number of nitrogens with one attached hydrogen (secondary N) is 1. The molecule has 1 heterocycles. The molecule has 16 heavy (non-hydrogen) atoms. The number of amides is 1. The maximum Gasteiger partial charge on any atom is 0.220 e. The van der Waals surface area contributed by atoms with Gasteiger partial charge in [0.05, 0.1) is 5.54 Å². The molecule has 0 bridgehead atoms. The number of hydrogen-bond donors (Lipinski definition) is 1. The predicted molar refractivity (Wildman–Crippen MR) is 65.4 cm³/mol. The molecule has 1 aromatic heterocycles. The van der Waals surface area contributed by atoms with Gasteiger partial charge in [-0.3, -0.25) is 4.79 Å². The van der Waals surface area contributed by atoms with Crippen LogP contribution in [0, 0.1) is 6.92 Å². The molecule has 1 aliphatic rings. The summed E-state index contributed by atoms with van der Waals surface area (Å²) in [5, 5.41) is 6.33. The van der Waals surface area contributed by atoms with E-state index < -0.39 is 0 Å². The summed E-state index contributed by atoms with van der Waals surface area (Å²) in [6, 6.07) is 0. The third-order valence-electron chi connectivity index (χ3n) is 3.19. The summed E-state index contributed by atoms with van der Waals surface area (Å²) >= 11 is 1.67. The van der Waals surface area contributed by atoms with Crippen molar-refractivity contribution >= 4 is 17.2 Å². The smallest absolute Gasteiger partial charge is 0.220 e. The number of rotatable bonds is 3. The Morgan fingerprint density at radius 1 is 1.56 bits per heavy atom. The van der Waals surface area contributed by atoms with E-state index in [1.807, 2.05) is 13.8 Å². The molecule has 1 fully saturated rings. The normalized spacial score (nSPS) is 18.6. The van der Waals surface area contributed by atoms with E-state index in [0.717, 1.165) is 23.5 Å². The average molecular weight is 238 g/mol. The second kappa shape index (κ2) is 4.53. The molecule has 0 spiro atoms. The van der Waals surface area contributed by atoms with Crippen molar-refractivity contribution in [2.24, 2.45) is 0 Å². The van der Waals surface area contributed by atoms with Crippen LogP contribution in [0.1, 0.15) is 49.7 Å². The third-order valence-corrected chi connectivity index (χ3v) is 4.35. The Hall–Kier alpha value is -0.900. The van der Waals surface area contributed by atoms with Gasteiger partial charge in [-0.25, -0.2) is 4.98 Å². The van der Waals surface area contributed by atoms with Crippen LogP contribution in [0.25, 0.3) is 0 Å². The van der Waals surface area contributed by atoms with Crippen molar-refractivity contribution in [2.75, 3.05) is 0 Å². The highest BCUT2D eigenvalue weighted by atomic mass is 32.1. The van der Waals surface area contributed by atoms with Crippen molar-refractivity contribution in [2.45, 2.75) is 51.5 Å². The predicted octanol–water partition coefficient (Wildman–Crippen LogP) is 2.75. The molecule has 4 heteroatoms. The van der Waals surface area contributed by atoms with E-state index in [0.29, 0.717) is 6.42 Å². The van der Waals surface area contributed by atoms with Gasteiger partial charge in [0, 0.05) is 17.5 Å². The Morgan fingerprint density at radius 2 is 2.25 bits per heavy atom. The van der Waals surface area contributed by atoms with Gasteiger partial charge < -0.3 is 5.32 Å². The van der Waals surface area contributed by atoms with Gasteiger partial charge in [-0.15, -0.1) is 11.3 Å². The van der Waals surface area contributed by atoms with Gasteiger partial charge in [0.2, 0.25) is 5.91 Å². The summed E-state index contributed by atoms with van der Waals surface area (Å²) < 4.78 is 0. The molecular weight excluding hydrogens is 220 g/mol. The zero-order chi connectivity index (χ0) is 11.6. The minimum absolute atomic E-state index is 0.134. The highest BCUT2D eigenvalue weighted by Crippen LogP contribution is 2.40. The maximum absolute atomic E-state index is 11.6. The fourth-order valence-electron chi connectivity index (χ4n) is 2.30. The molecule has 88 valence electrons. The topological polar surface area (TPSA) is 42.0 Å². The quantitative estimate of drug-likeness (QED) is 0.879. The number of aryl methyl sites for hydroxylation is 1. The Morgan fingerprint density at radius 3 is 2.75 bits per heavy atom. The monoisotopic (exact) mass is 238 g/mol. The number of carbonyl (C=O) groups excluding carboxylic acids is 1. The van der Waals surface area contributed by atoms with Crippen LogP contribution < -0.4 is 5.32 Å². The SMILES string of the molecule is CCC(=O)NC1(c2nc(C)cs2)CCCC1. The van der Waals surface area contributed by atoms with E-state index in [4.69, 9.17) is 0 Å². The number of aromatic nitrogens is 1. The van der Waals surface area contributed by atoms with Gasteiger partial charge in [0.1, 0.15) is 5.01 Å². The summed E-state index contributed by atoms with van der Waals surface area (Å²) in [7, 11) is 0. The highest BCUT2D eigenvalue weighted by Gasteiger charge is 2.39. The van der Waals surface area contributed by atoms with E-state index >= 15 is 0 Å². The lowest BCUT2D eigenvalue weighted by Crippen LogP contribution is -2.43. The largest absolute Gasteiger partial charge is 0.344 e. The summed E-state index contributed by atoms with van der Waals surface area (Å²) in [6.45, 7) is 3.90. The van der Waals surface area contributed by atoms with Gasteiger partial charge in [-0.2, -0.15) is 0 Å². The Labute approximate surface area is 100 Å². The molecule has 0 aliphatic heterocycles. The van der Waals surface area contributed by atoms with Gasteiger partial charge in [-0.1, -0.05) is 19.8 Å². The first-order valence-electron chi connectivity index (χ1n) is 5.90. The van der Waals surface area contributed by atoms with Gasteiger partial charge in [0.15, 0.2) is 0 Å². The molecule has 2 rings (SSSR count). The van der Waals surface area contributed by atoms with Crippen LogP contribution in [-0.4, -0.2) is 10.9 Å². The summed E-state index contributed by atoms with van der Waals surface area (Å²) in [5.41, 5.74) is 0.892. The van der Waals surface area contributed by atoms with Gasteiger partial charge >= 0.3 is 0 Å². The number of carbonyl (C=O) groups is 1. The molecule has 1 aromatic rings. The second-order valence-corrected chi connectivity index (χ2v) is 5.34. The summed E-state index contributed by atoms with van der Waals surface area (Å²) in [4.78, 5) is 16.2. The molecule has 1 saturated carbocycles. The molecule has 0 radical (unpaired) electrons. The van der Waals surface area contributed by atoms with Gasteiger partial charge in [-0.05, 0) is 19.8 Å². The molecule has 3 nitrogen and oxygen atoms in total. The van der Waals surface area contributed by atoms with Crippen molar-refractivity contribution in [1.82, 2.24) is 10.3 Å². The fraction of sp³-hybridized carbons (Fsp3) is 0.667. The highest BCUT2D eigenvalue weighted by molar-refractivity contribution is 7.09. The first-order valence-corrected chi connectivity index (χ1v) is 6.78. The van der Waals surface area contributed by atoms with Crippen LogP contribution in [0.4, 0.5) is 0 Å². The van der Waals surface area contributed by atoms with E-state index in [9.17, 15) is 4.79 Å². The minimum Gasteiger partial charge on any atom is -0.344 e. The summed E-state index contributed by atoms with van der Waals surface area (Å²) in [5.74, 6) is 0.134. The fourth-order valence-corrected chi connectivity index (χ4v) is 3.31. The zero-order valence-electron chi connectivity index (χ0n) is 9.88. The van der Waals surface area contributed by atoms with Crippen LogP contribution >= 0.6 is 11.3 Å². The molecule has 1 aliphatic carbocycles. The summed E-state index contributed by atoms with van der Waals surface area (Å²) in [6.07, 6.45) is 4.98. The average Bonchev–Trinajstić information content (AvgIpc) is 2.88. The lowest BCUT2D eigenvalue weighted by atomic mass is 9.98. The third kappa shape index (κ3) is 2.12. The number of nitrogens with zero attached hydrogens (tertiary/aromatic N) is 1. The lowest BCUT2D eigenvalue weighted by Gasteiger charge is -2.28. The van der Waals surface area contributed by atoms with Crippen LogP contribution in [0.2, 0.25) is 0 Å². The molecular formula is C12H18N2OS. The van der Waals surface area contributed by atoms with Gasteiger partial charge in [0.25, 0.3) is 0 Å². The first-order chi connectivity index (χ1) is 7.66. The van der Waals surface area contributed by atoms with Crippen molar-refractivity contribution in [3.63, 3.8) is 0 Å². The maximum atomic E-state index is 11.6. The molecule has 1 amide bonds. The van der Waals surface area contributed by atoms with Crippen molar-refractivity contribution in [3.8, 4) is 0 Å². The van der Waals surface area contributed by atoms with E-state index in [1.165, 1.54) is 12.8 Å². The molecule has 0 atom stereocenters.